The minimum atomic E-state index is 0.00918. The topological polar surface area (TPSA) is 36.9 Å². The van der Waals surface area contributed by atoms with E-state index in [2.05, 4.69) is 26.8 Å². The second-order valence-electron chi connectivity index (χ2n) is 13.2. The van der Waals surface area contributed by atoms with Crippen LogP contribution in [-0.2, 0) is 18.9 Å². The first-order valence-corrected chi connectivity index (χ1v) is 19.9. The lowest BCUT2D eigenvalue weighted by Crippen LogP contribution is -2.19. The lowest BCUT2D eigenvalue weighted by atomic mass is 10.1. The van der Waals surface area contributed by atoms with Crippen molar-refractivity contribution in [2.75, 3.05) is 26.6 Å². The molecule has 264 valence electrons. The second-order valence-corrected chi connectivity index (χ2v) is 13.2. The summed E-state index contributed by atoms with van der Waals surface area (Å²) in [7, 11) is 0. The molecule has 0 spiro atoms. The Kier molecular flexibility index (Phi) is 39.9. The minimum absolute atomic E-state index is 0.00918. The Morgan fingerprint density at radius 2 is 0.795 bits per heavy atom. The predicted octanol–water partition coefficient (Wildman–Crippen LogP) is 13.6. The van der Waals surface area contributed by atoms with E-state index in [0.717, 1.165) is 39.1 Å². The first kappa shape index (κ1) is 43.4. The molecular weight excluding hydrogens is 544 g/mol. The smallest absolute Gasteiger partial charge is 0.188 e. The van der Waals surface area contributed by atoms with E-state index < -0.39 is 0 Å². The van der Waals surface area contributed by atoms with Crippen LogP contribution in [0.4, 0.5) is 0 Å². The summed E-state index contributed by atoms with van der Waals surface area (Å²) in [4.78, 5) is 0. The van der Waals surface area contributed by atoms with E-state index in [1.807, 2.05) is 6.26 Å². The van der Waals surface area contributed by atoms with E-state index in [1.54, 1.807) is 0 Å². The summed E-state index contributed by atoms with van der Waals surface area (Å²) in [6.07, 6.45) is 43.1. The first-order chi connectivity index (χ1) is 21.8. The normalized spacial score (nSPS) is 11.8. The largest absolute Gasteiger partial charge is 0.475 e. The van der Waals surface area contributed by atoms with E-state index in [1.165, 1.54) is 173 Å². The number of unbranched alkanes of at least 4 members (excludes halogenated alkanes) is 25. The zero-order chi connectivity index (χ0) is 31.9. The third-order valence-corrected chi connectivity index (χ3v) is 8.65. The summed E-state index contributed by atoms with van der Waals surface area (Å²) >= 11 is 0. The molecule has 0 heterocycles. The number of ether oxygens (including phenoxy) is 4. The molecule has 0 rings (SSSR count). The Morgan fingerprint density at radius 3 is 1.27 bits per heavy atom. The summed E-state index contributed by atoms with van der Waals surface area (Å²) in [5.74, 6) is 0. The van der Waals surface area contributed by atoms with Gasteiger partial charge in [-0.2, -0.15) is 0 Å². The fraction of sp³-hybridized carbons (Fsp3) is 0.950. The zero-order valence-electron chi connectivity index (χ0n) is 30.4. The van der Waals surface area contributed by atoms with Gasteiger partial charge in [0.05, 0.1) is 12.9 Å². The van der Waals surface area contributed by atoms with Gasteiger partial charge in [-0.1, -0.05) is 168 Å². The number of rotatable bonds is 39. The Balaban J connectivity index is 3.72. The van der Waals surface area contributed by atoms with E-state index in [0.29, 0.717) is 6.79 Å². The Morgan fingerprint density at radius 1 is 0.409 bits per heavy atom. The molecule has 44 heavy (non-hydrogen) atoms. The highest BCUT2D eigenvalue weighted by Crippen LogP contribution is 2.15. The fourth-order valence-electron chi connectivity index (χ4n) is 5.66. The van der Waals surface area contributed by atoms with Crippen molar-refractivity contribution in [1.29, 1.82) is 0 Å². The van der Waals surface area contributed by atoms with Gasteiger partial charge in [0.1, 0.15) is 0 Å². The summed E-state index contributed by atoms with van der Waals surface area (Å²) < 4.78 is 23.5. The van der Waals surface area contributed by atoms with Crippen molar-refractivity contribution < 1.29 is 18.9 Å². The lowest BCUT2D eigenvalue weighted by Gasteiger charge is -2.19. The van der Waals surface area contributed by atoms with Crippen molar-refractivity contribution in [3.8, 4) is 0 Å². The van der Waals surface area contributed by atoms with Gasteiger partial charge in [0.25, 0.3) is 0 Å². The molecule has 0 aromatic heterocycles. The maximum Gasteiger partial charge on any atom is 0.188 e. The Hall–Kier alpha value is -0.580. The highest BCUT2D eigenvalue weighted by molar-refractivity contribution is 4.72. The molecule has 4 heteroatoms. The highest BCUT2D eigenvalue weighted by atomic mass is 16.7. The molecular formula is C40H80O4. The Bertz CT molecular complexity index is 504. The van der Waals surface area contributed by atoms with Crippen LogP contribution in [0.15, 0.2) is 12.3 Å². The van der Waals surface area contributed by atoms with Crippen molar-refractivity contribution in [3.05, 3.63) is 12.3 Å². The molecule has 0 N–H and O–H groups in total. The molecule has 0 saturated carbocycles. The number of allylic oxidation sites excluding steroid dienone is 1. The lowest BCUT2D eigenvalue weighted by molar-refractivity contribution is -0.148. The minimum Gasteiger partial charge on any atom is -0.475 e. The van der Waals surface area contributed by atoms with Crippen LogP contribution in [0, 0.1) is 0 Å². The van der Waals surface area contributed by atoms with E-state index in [9.17, 15) is 0 Å². The van der Waals surface area contributed by atoms with Crippen LogP contribution in [0.5, 0.6) is 0 Å². The predicted molar refractivity (Wildman–Crippen MR) is 192 cm³/mol. The molecule has 0 aromatic carbocycles. The monoisotopic (exact) mass is 625 g/mol. The van der Waals surface area contributed by atoms with Crippen LogP contribution in [0.2, 0.25) is 0 Å². The summed E-state index contributed by atoms with van der Waals surface area (Å²) in [5.41, 5.74) is 0. The standard InChI is InChI=1S/C40H80O4/c1-4-7-10-13-20-25-30-35-41-39-42-36-31-26-23-18-16-17-19-24-29-34-40(43-37-32-27-21-14-11-8-5-2)44-38-33-28-22-15-12-9-6-3/h31,36,40H,4-30,32-35,37-39H2,1-3H3. The average Bonchev–Trinajstić information content (AvgIpc) is 3.03. The van der Waals surface area contributed by atoms with Gasteiger partial charge in [-0.25, -0.2) is 0 Å². The maximum atomic E-state index is 6.23. The molecule has 0 amide bonds. The van der Waals surface area contributed by atoms with Crippen LogP contribution < -0.4 is 0 Å². The number of hydrogen-bond donors (Lipinski definition) is 0. The molecule has 0 saturated heterocycles. The molecule has 4 nitrogen and oxygen atoms in total. The quantitative estimate of drug-likeness (QED) is 0.0387. The molecule has 0 radical (unpaired) electrons. The molecule has 0 atom stereocenters. The third kappa shape index (κ3) is 37.6. The van der Waals surface area contributed by atoms with Crippen LogP contribution in [0.25, 0.3) is 0 Å². The molecule has 0 aromatic rings. The molecule has 0 unspecified atom stereocenters. The third-order valence-electron chi connectivity index (χ3n) is 8.65. The molecule has 0 aliphatic heterocycles. The first-order valence-electron chi connectivity index (χ1n) is 19.9. The van der Waals surface area contributed by atoms with Crippen LogP contribution in [0.1, 0.15) is 213 Å². The van der Waals surface area contributed by atoms with Gasteiger partial charge in [0.15, 0.2) is 13.1 Å². The van der Waals surface area contributed by atoms with E-state index in [-0.39, 0.29) is 6.29 Å². The van der Waals surface area contributed by atoms with Gasteiger partial charge >= 0.3 is 0 Å². The van der Waals surface area contributed by atoms with Crippen molar-refractivity contribution >= 4 is 0 Å². The maximum absolute atomic E-state index is 6.23. The van der Waals surface area contributed by atoms with Crippen LogP contribution in [-0.4, -0.2) is 32.9 Å². The zero-order valence-corrected chi connectivity index (χ0v) is 30.4. The second kappa shape index (κ2) is 40.4. The van der Waals surface area contributed by atoms with E-state index >= 15 is 0 Å². The van der Waals surface area contributed by atoms with E-state index in [4.69, 9.17) is 18.9 Å². The van der Waals surface area contributed by atoms with Gasteiger partial charge in [0.2, 0.25) is 0 Å². The average molecular weight is 625 g/mol. The van der Waals surface area contributed by atoms with Crippen molar-refractivity contribution in [3.63, 3.8) is 0 Å². The SMILES string of the molecule is CCCCCCCCCOCOC=CCCCCCCCCCC(OCCCCCCCCC)OCCCCCCCCC. The molecule has 0 fully saturated rings. The van der Waals surface area contributed by atoms with Crippen LogP contribution >= 0.6 is 0 Å². The van der Waals surface area contributed by atoms with Crippen LogP contribution in [0.3, 0.4) is 0 Å². The summed E-state index contributed by atoms with van der Waals surface area (Å²) in [6.45, 7) is 9.77. The Labute approximate surface area is 277 Å². The van der Waals surface area contributed by atoms with Gasteiger partial charge in [0, 0.05) is 13.2 Å². The van der Waals surface area contributed by atoms with Crippen molar-refractivity contribution in [1.82, 2.24) is 0 Å². The number of hydrogen-bond acceptors (Lipinski definition) is 4. The van der Waals surface area contributed by atoms with Gasteiger partial charge in [-0.15, -0.1) is 0 Å². The van der Waals surface area contributed by atoms with Gasteiger partial charge in [-0.05, 0) is 51.0 Å². The summed E-state index contributed by atoms with van der Waals surface area (Å²) in [5, 5.41) is 0. The van der Waals surface area contributed by atoms with Gasteiger partial charge in [-0.3, -0.25) is 0 Å². The highest BCUT2D eigenvalue weighted by Gasteiger charge is 2.09. The van der Waals surface area contributed by atoms with Crippen molar-refractivity contribution in [2.24, 2.45) is 0 Å². The summed E-state index contributed by atoms with van der Waals surface area (Å²) in [6, 6.07) is 0. The fourth-order valence-corrected chi connectivity index (χ4v) is 5.66. The molecule has 0 aliphatic rings. The van der Waals surface area contributed by atoms with Crippen molar-refractivity contribution in [2.45, 2.75) is 220 Å². The molecule has 0 aliphatic carbocycles. The molecule has 0 bridgehead atoms. The van der Waals surface area contributed by atoms with Gasteiger partial charge < -0.3 is 18.9 Å².